The van der Waals surface area contributed by atoms with Gasteiger partial charge in [0.05, 0.1) is 0 Å². The third kappa shape index (κ3) is 4.50. The first-order valence-corrected chi connectivity index (χ1v) is 6.60. The Labute approximate surface area is 122 Å². The highest BCUT2D eigenvalue weighted by Crippen LogP contribution is 2.09. The predicted molar refractivity (Wildman–Crippen MR) is 78.6 cm³/mol. The number of urea groups is 2. The number of carbonyl (C=O) groups excluding carboxylic acids is 2. The average molecular weight is 290 g/mol. The summed E-state index contributed by atoms with van der Waals surface area (Å²) in [6, 6.07) is 6.70. The normalized spacial score (nSPS) is 17.3. The number of rotatable bonds is 4. The molecule has 4 amide bonds. The molecule has 0 radical (unpaired) electrons. The van der Waals surface area contributed by atoms with Gasteiger partial charge in [-0.1, -0.05) is 17.7 Å². The lowest BCUT2D eigenvalue weighted by Gasteiger charge is -2.21. The molecule has 1 aliphatic rings. The van der Waals surface area contributed by atoms with E-state index < -0.39 is 12.3 Å². The molecule has 0 saturated heterocycles. The number of amides is 4. The monoisotopic (exact) mass is 290 g/mol. The molecule has 0 aliphatic carbocycles. The van der Waals surface area contributed by atoms with Crippen LogP contribution < -0.4 is 21.3 Å². The van der Waals surface area contributed by atoms with E-state index in [0.29, 0.717) is 24.2 Å². The van der Waals surface area contributed by atoms with Crippen molar-refractivity contribution in [2.75, 3.05) is 11.9 Å². The van der Waals surface area contributed by atoms with Gasteiger partial charge >= 0.3 is 12.1 Å². The van der Waals surface area contributed by atoms with Crippen molar-refractivity contribution in [3.63, 3.8) is 0 Å². The first-order valence-electron chi connectivity index (χ1n) is 6.60. The van der Waals surface area contributed by atoms with Crippen LogP contribution in [0.4, 0.5) is 15.3 Å². The van der Waals surface area contributed by atoms with E-state index in [1.54, 1.807) is 0 Å². The molecule has 0 unspecified atom stereocenters. The van der Waals surface area contributed by atoms with E-state index in [9.17, 15) is 14.7 Å². The molecule has 0 fully saturated rings. The fraction of sp³-hybridized carbons (Fsp3) is 0.286. The molecule has 1 aromatic rings. The Balaban J connectivity index is 1.74. The summed E-state index contributed by atoms with van der Waals surface area (Å²) in [5.74, 6) is 0. The summed E-state index contributed by atoms with van der Waals surface area (Å²) in [4.78, 5) is 22.6. The van der Waals surface area contributed by atoms with Crippen LogP contribution in [0.15, 0.2) is 36.0 Å². The van der Waals surface area contributed by atoms with Gasteiger partial charge in [0, 0.05) is 18.4 Å². The van der Waals surface area contributed by atoms with E-state index >= 15 is 0 Å². The van der Waals surface area contributed by atoms with E-state index in [1.165, 1.54) is 6.20 Å². The second-order valence-electron chi connectivity index (χ2n) is 4.74. The van der Waals surface area contributed by atoms with Crippen LogP contribution >= 0.6 is 0 Å². The van der Waals surface area contributed by atoms with E-state index in [2.05, 4.69) is 21.3 Å². The van der Waals surface area contributed by atoms with Crippen LogP contribution in [-0.4, -0.2) is 29.9 Å². The summed E-state index contributed by atoms with van der Waals surface area (Å²) in [7, 11) is 0. The molecule has 0 saturated carbocycles. The summed E-state index contributed by atoms with van der Waals surface area (Å²) in [5.41, 5.74) is 2.43. The number of anilines is 1. The lowest BCUT2D eigenvalue weighted by molar-refractivity contribution is 0.161. The van der Waals surface area contributed by atoms with Gasteiger partial charge in [0.25, 0.3) is 0 Å². The second-order valence-corrected chi connectivity index (χ2v) is 4.74. The van der Waals surface area contributed by atoms with Crippen LogP contribution in [0, 0.1) is 6.92 Å². The molecular weight excluding hydrogens is 272 g/mol. The van der Waals surface area contributed by atoms with Crippen LogP contribution in [0.5, 0.6) is 0 Å². The molecule has 1 heterocycles. The third-order valence-electron chi connectivity index (χ3n) is 3.02. The van der Waals surface area contributed by atoms with Crippen LogP contribution in [0.25, 0.3) is 0 Å². The number of nitrogens with one attached hydrogen (secondary N) is 4. The molecule has 5 N–H and O–H groups in total. The molecule has 0 aromatic heterocycles. The van der Waals surface area contributed by atoms with Gasteiger partial charge in [-0.3, -0.25) is 0 Å². The number of carbonyl (C=O) groups is 2. The van der Waals surface area contributed by atoms with Crippen molar-refractivity contribution in [1.29, 1.82) is 0 Å². The minimum atomic E-state index is -1.01. The van der Waals surface area contributed by atoms with Crippen molar-refractivity contribution >= 4 is 17.7 Å². The van der Waals surface area contributed by atoms with Crippen molar-refractivity contribution in [1.82, 2.24) is 16.0 Å². The van der Waals surface area contributed by atoms with Gasteiger partial charge in [0.15, 0.2) is 6.23 Å². The number of hydrogen-bond donors (Lipinski definition) is 5. The molecule has 1 atom stereocenters. The maximum absolute atomic E-state index is 11.7. The van der Waals surface area contributed by atoms with Crippen LogP contribution in [0.1, 0.15) is 12.0 Å². The number of aliphatic hydroxyl groups excluding tert-OH is 1. The van der Waals surface area contributed by atoms with Gasteiger partial charge < -0.3 is 26.4 Å². The minimum Gasteiger partial charge on any atom is -0.370 e. The number of hydrogen-bond acceptors (Lipinski definition) is 3. The van der Waals surface area contributed by atoms with E-state index in [-0.39, 0.29) is 6.03 Å². The van der Waals surface area contributed by atoms with Crippen molar-refractivity contribution in [3.05, 3.63) is 41.6 Å². The lowest BCUT2D eigenvalue weighted by atomic mass is 10.1. The summed E-state index contributed by atoms with van der Waals surface area (Å²) < 4.78 is 0. The molecule has 0 bridgehead atoms. The van der Waals surface area contributed by atoms with Gasteiger partial charge in [-0.2, -0.15) is 0 Å². The molecule has 0 spiro atoms. The van der Waals surface area contributed by atoms with Gasteiger partial charge in [0.1, 0.15) is 0 Å². The Kier molecular flexibility index (Phi) is 4.78. The molecule has 112 valence electrons. The molecule has 21 heavy (non-hydrogen) atoms. The highest BCUT2D eigenvalue weighted by Gasteiger charge is 2.18. The highest BCUT2D eigenvalue weighted by atomic mass is 16.3. The quantitative estimate of drug-likeness (QED) is 0.572. The van der Waals surface area contributed by atoms with Crippen LogP contribution in [0.3, 0.4) is 0 Å². The van der Waals surface area contributed by atoms with Crippen molar-refractivity contribution < 1.29 is 14.7 Å². The average Bonchev–Trinajstić information content (AvgIpc) is 2.44. The SMILES string of the molecule is Cc1ccc(NC(=O)NCCC2=CNC(=O)N[C@H]2O)cc1. The largest absolute Gasteiger partial charge is 0.370 e. The number of benzene rings is 1. The number of aliphatic hydroxyl groups is 1. The van der Waals surface area contributed by atoms with E-state index in [0.717, 1.165) is 5.56 Å². The molecule has 1 aliphatic heterocycles. The zero-order valence-corrected chi connectivity index (χ0v) is 11.6. The Morgan fingerprint density at radius 3 is 2.71 bits per heavy atom. The van der Waals surface area contributed by atoms with Crippen LogP contribution in [0.2, 0.25) is 0 Å². The Morgan fingerprint density at radius 2 is 2.05 bits per heavy atom. The fourth-order valence-corrected chi connectivity index (χ4v) is 1.84. The van der Waals surface area contributed by atoms with Gasteiger partial charge in [-0.15, -0.1) is 0 Å². The van der Waals surface area contributed by atoms with Crippen LogP contribution in [-0.2, 0) is 0 Å². The summed E-state index contributed by atoms with van der Waals surface area (Å²) in [6.07, 6.45) is 0.861. The Bertz CT molecular complexity index is 554. The molecule has 2 rings (SSSR count). The maximum Gasteiger partial charge on any atom is 0.321 e. The lowest BCUT2D eigenvalue weighted by Crippen LogP contribution is -2.46. The van der Waals surface area contributed by atoms with Crippen molar-refractivity contribution in [2.24, 2.45) is 0 Å². The molecule has 7 nitrogen and oxygen atoms in total. The van der Waals surface area contributed by atoms with E-state index in [4.69, 9.17) is 0 Å². The van der Waals surface area contributed by atoms with E-state index in [1.807, 2.05) is 31.2 Å². The standard InChI is InChI=1S/C14H18N4O3/c1-9-2-4-11(5-3-9)17-13(20)15-7-6-10-8-16-14(21)18-12(10)19/h2-5,8,12,19H,6-7H2,1H3,(H2,15,17,20)(H2,16,18,21)/t12-/m0/s1. The van der Waals surface area contributed by atoms with Crippen molar-refractivity contribution in [2.45, 2.75) is 19.6 Å². The topological polar surface area (TPSA) is 102 Å². The molecule has 7 heteroatoms. The number of aryl methyl sites for hydroxylation is 1. The highest BCUT2D eigenvalue weighted by molar-refractivity contribution is 5.89. The Morgan fingerprint density at radius 1 is 1.33 bits per heavy atom. The summed E-state index contributed by atoms with van der Waals surface area (Å²) in [6.45, 7) is 2.32. The smallest absolute Gasteiger partial charge is 0.321 e. The van der Waals surface area contributed by atoms with Gasteiger partial charge in [-0.25, -0.2) is 9.59 Å². The first kappa shape index (κ1) is 14.9. The van der Waals surface area contributed by atoms with Gasteiger partial charge in [-0.05, 0) is 31.1 Å². The second kappa shape index (κ2) is 6.76. The minimum absolute atomic E-state index is 0.318. The predicted octanol–water partition coefficient (Wildman–Crippen LogP) is 1.02. The molecule has 1 aromatic carbocycles. The fourth-order valence-electron chi connectivity index (χ4n) is 1.84. The summed E-state index contributed by atoms with van der Waals surface area (Å²) in [5, 5.41) is 19.8. The zero-order chi connectivity index (χ0) is 15.2. The summed E-state index contributed by atoms with van der Waals surface area (Å²) >= 11 is 0. The van der Waals surface area contributed by atoms with Crippen molar-refractivity contribution in [3.8, 4) is 0 Å². The third-order valence-corrected chi connectivity index (χ3v) is 3.02. The Hall–Kier alpha value is -2.54. The first-order chi connectivity index (χ1) is 10.0. The maximum atomic E-state index is 11.7. The zero-order valence-electron chi connectivity index (χ0n) is 11.6. The molecular formula is C14H18N4O3. The van der Waals surface area contributed by atoms with Gasteiger partial charge in [0.2, 0.25) is 0 Å².